The third kappa shape index (κ3) is 3.69. The first kappa shape index (κ1) is 17.5. The van der Waals surface area contributed by atoms with Gasteiger partial charge in [0.1, 0.15) is 12.4 Å². The molecule has 0 saturated carbocycles. The molecule has 134 valence electrons. The minimum absolute atomic E-state index is 0.0973. The number of alkyl halides is 3. The van der Waals surface area contributed by atoms with E-state index in [2.05, 4.69) is 22.1 Å². The fourth-order valence-electron chi connectivity index (χ4n) is 2.33. The Labute approximate surface area is 146 Å². The lowest BCUT2D eigenvalue weighted by Crippen LogP contribution is -2.13. The number of amides is 1. The fraction of sp³-hybridized carbons (Fsp3) is 0.111. The van der Waals surface area contributed by atoms with Gasteiger partial charge in [-0.15, -0.1) is 0 Å². The van der Waals surface area contributed by atoms with Crippen molar-refractivity contribution in [1.29, 1.82) is 0 Å². The van der Waals surface area contributed by atoms with Crippen LogP contribution in [0, 0.1) is 0 Å². The zero-order valence-corrected chi connectivity index (χ0v) is 13.4. The Hall–Kier alpha value is -3.29. The summed E-state index contributed by atoms with van der Waals surface area (Å²) in [5, 5.41) is 10.0. The molecular formula is C18H14F3N3O2. The molecule has 0 atom stereocenters. The number of benzene rings is 2. The topological polar surface area (TPSA) is 67.0 Å². The standard InChI is InChI=1S/C18H14F3N3O2/c1-2-9-26-13-7-8-14-15(10-13)23-24-16(14)22-17(25)11-3-5-12(6-4-11)18(19,20)21/h2-8,10H,1,9H2,(H2,22,23,24,25). The molecule has 5 nitrogen and oxygen atoms in total. The van der Waals surface area contributed by atoms with Crippen LogP contribution in [0.5, 0.6) is 5.75 Å². The van der Waals surface area contributed by atoms with Gasteiger partial charge in [-0.3, -0.25) is 9.89 Å². The van der Waals surface area contributed by atoms with Crippen molar-refractivity contribution >= 4 is 22.6 Å². The number of nitrogens with zero attached hydrogens (tertiary/aromatic N) is 1. The Morgan fingerprint density at radius 2 is 1.96 bits per heavy atom. The molecule has 3 aromatic rings. The second-order valence-electron chi connectivity index (χ2n) is 5.41. The average Bonchev–Trinajstić information content (AvgIpc) is 3.01. The summed E-state index contributed by atoms with van der Waals surface area (Å²) in [6, 6.07) is 9.12. The predicted molar refractivity (Wildman–Crippen MR) is 91.2 cm³/mol. The molecule has 0 bridgehead atoms. The first-order valence-electron chi connectivity index (χ1n) is 7.59. The number of carbonyl (C=O) groups excluding carboxylic acids is 1. The normalized spacial score (nSPS) is 11.3. The maximum absolute atomic E-state index is 12.6. The minimum atomic E-state index is -4.45. The van der Waals surface area contributed by atoms with Gasteiger partial charge < -0.3 is 10.1 Å². The smallest absolute Gasteiger partial charge is 0.416 e. The maximum atomic E-state index is 12.6. The molecule has 0 saturated heterocycles. The highest BCUT2D eigenvalue weighted by atomic mass is 19.4. The van der Waals surface area contributed by atoms with Crippen LogP contribution >= 0.6 is 0 Å². The van der Waals surface area contributed by atoms with E-state index in [0.717, 1.165) is 24.3 Å². The first-order valence-corrected chi connectivity index (χ1v) is 7.59. The van der Waals surface area contributed by atoms with Crippen molar-refractivity contribution in [3.63, 3.8) is 0 Å². The van der Waals surface area contributed by atoms with E-state index in [-0.39, 0.29) is 11.4 Å². The third-order valence-electron chi connectivity index (χ3n) is 3.61. The molecule has 0 spiro atoms. The van der Waals surface area contributed by atoms with Crippen molar-refractivity contribution in [3.8, 4) is 5.75 Å². The Morgan fingerprint density at radius 1 is 1.23 bits per heavy atom. The minimum Gasteiger partial charge on any atom is -0.489 e. The van der Waals surface area contributed by atoms with Gasteiger partial charge in [0.25, 0.3) is 5.91 Å². The highest BCUT2D eigenvalue weighted by Crippen LogP contribution is 2.29. The van der Waals surface area contributed by atoms with Crippen molar-refractivity contribution in [2.45, 2.75) is 6.18 Å². The van der Waals surface area contributed by atoms with Gasteiger partial charge in [-0.05, 0) is 36.4 Å². The molecule has 3 rings (SSSR count). The van der Waals surface area contributed by atoms with E-state index < -0.39 is 17.6 Å². The summed E-state index contributed by atoms with van der Waals surface area (Å²) in [6.45, 7) is 3.93. The van der Waals surface area contributed by atoms with Crippen LogP contribution in [0.2, 0.25) is 0 Å². The van der Waals surface area contributed by atoms with E-state index in [1.165, 1.54) is 0 Å². The summed E-state index contributed by atoms with van der Waals surface area (Å²) in [4.78, 5) is 12.2. The van der Waals surface area contributed by atoms with E-state index in [4.69, 9.17) is 4.74 Å². The molecule has 0 radical (unpaired) electrons. The zero-order valence-electron chi connectivity index (χ0n) is 13.4. The number of halogens is 3. The molecule has 1 amide bonds. The van der Waals surface area contributed by atoms with Gasteiger partial charge in [-0.25, -0.2) is 0 Å². The Bertz CT molecular complexity index is 946. The van der Waals surface area contributed by atoms with E-state index in [9.17, 15) is 18.0 Å². The molecule has 26 heavy (non-hydrogen) atoms. The number of anilines is 1. The molecular weight excluding hydrogens is 347 g/mol. The van der Waals surface area contributed by atoms with E-state index in [0.29, 0.717) is 23.3 Å². The highest BCUT2D eigenvalue weighted by Gasteiger charge is 2.30. The van der Waals surface area contributed by atoms with E-state index in [1.54, 1.807) is 24.3 Å². The number of aromatic amines is 1. The van der Waals surface area contributed by atoms with Crippen LogP contribution in [-0.2, 0) is 6.18 Å². The number of aromatic nitrogens is 2. The number of hydrogen-bond acceptors (Lipinski definition) is 3. The van der Waals surface area contributed by atoms with Crippen molar-refractivity contribution in [2.75, 3.05) is 11.9 Å². The largest absolute Gasteiger partial charge is 0.489 e. The van der Waals surface area contributed by atoms with Crippen LogP contribution in [0.3, 0.4) is 0 Å². The van der Waals surface area contributed by atoms with Crippen molar-refractivity contribution in [2.24, 2.45) is 0 Å². The molecule has 8 heteroatoms. The van der Waals surface area contributed by atoms with Crippen LogP contribution < -0.4 is 10.1 Å². The highest BCUT2D eigenvalue weighted by molar-refractivity contribution is 6.07. The Balaban J connectivity index is 1.78. The van der Waals surface area contributed by atoms with Gasteiger partial charge in [-0.2, -0.15) is 18.3 Å². The van der Waals surface area contributed by atoms with E-state index in [1.807, 2.05) is 0 Å². The molecule has 1 aromatic heterocycles. The average molecular weight is 361 g/mol. The van der Waals surface area contributed by atoms with Gasteiger partial charge in [0.2, 0.25) is 0 Å². The van der Waals surface area contributed by atoms with Crippen LogP contribution in [0.1, 0.15) is 15.9 Å². The molecule has 0 fully saturated rings. The second kappa shape index (κ2) is 6.91. The lowest BCUT2D eigenvalue weighted by atomic mass is 10.1. The SMILES string of the molecule is C=CCOc1ccc2c(NC(=O)c3ccc(C(F)(F)F)cc3)n[nH]c2c1. The quantitative estimate of drug-likeness (QED) is 0.662. The Kier molecular flexibility index (Phi) is 4.66. The number of carbonyl (C=O) groups is 1. The zero-order chi connectivity index (χ0) is 18.7. The number of H-pyrrole nitrogens is 1. The van der Waals surface area contributed by atoms with Gasteiger partial charge in [0, 0.05) is 17.0 Å². The van der Waals surface area contributed by atoms with Crippen molar-refractivity contribution in [1.82, 2.24) is 10.2 Å². The van der Waals surface area contributed by atoms with Gasteiger partial charge in [0.15, 0.2) is 5.82 Å². The van der Waals surface area contributed by atoms with Gasteiger partial charge >= 0.3 is 6.18 Å². The van der Waals surface area contributed by atoms with Crippen LogP contribution in [0.4, 0.5) is 19.0 Å². The Morgan fingerprint density at radius 3 is 2.62 bits per heavy atom. The third-order valence-corrected chi connectivity index (χ3v) is 3.61. The lowest BCUT2D eigenvalue weighted by Gasteiger charge is -2.07. The molecule has 1 heterocycles. The summed E-state index contributed by atoms with van der Waals surface area (Å²) in [7, 11) is 0. The van der Waals surface area contributed by atoms with E-state index >= 15 is 0 Å². The summed E-state index contributed by atoms with van der Waals surface area (Å²) < 4.78 is 43.2. The summed E-state index contributed by atoms with van der Waals surface area (Å²) in [6.07, 6.45) is -2.83. The maximum Gasteiger partial charge on any atom is 0.416 e. The number of hydrogen-bond donors (Lipinski definition) is 2. The molecule has 2 N–H and O–H groups in total. The van der Waals surface area contributed by atoms with Crippen molar-refractivity contribution in [3.05, 3.63) is 66.2 Å². The molecule has 0 aliphatic rings. The number of fused-ring (bicyclic) bond motifs is 1. The first-order chi connectivity index (χ1) is 12.4. The van der Waals surface area contributed by atoms with Gasteiger partial charge in [0.05, 0.1) is 11.1 Å². The lowest BCUT2D eigenvalue weighted by molar-refractivity contribution is -0.137. The molecule has 0 aliphatic heterocycles. The summed E-state index contributed by atoms with van der Waals surface area (Å²) in [5.74, 6) is 0.334. The molecule has 0 unspecified atom stereocenters. The van der Waals surface area contributed by atoms with Crippen LogP contribution in [0.25, 0.3) is 10.9 Å². The monoisotopic (exact) mass is 361 g/mol. The second-order valence-corrected chi connectivity index (χ2v) is 5.41. The number of rotatable bonds is 5. The molecule has 0 aliphatic carbocycles. The predicted octanol–water partition coefficient (Wildman–Crippen LogP) is 4.40. The van der Waals surface area contributed by atoms with Crippen molar-refractivity contribution < 1.29 is 22.7 Å². The summed E-state index contributed by atoms with van der Waals surface area (Å²) in [5.41, 5.74) is -0.0688. The number of nitrogens with one attached hydrogen (secondary N) is 2. The number of ether oxygens (including phenoxy) is 1. The van der Waals surface area contributed by atoms with Crippen LogP contribution in [-0.4, -0.2) is 22.7 Å². The van der Waals surface area contributed by atoms with Gasteiger partial charge in [-0.1, -0.05) is 12.7 Å². The summed E-state index contributed by atoms with van der Waals surface area (Å²) >= 11 is 0. The molecule has 2 aromatic carbocycles. The van der Waals surface area contributed by atoms with Crippen LogP contribution in [0.15, 0.2) is 55.1 Å². The fourth-order valence-corrected chi connectivity index (χ4v) is 2.33.